The molecule has 1 aromatic carbocycles. The summed E-state index contributed by atoms with van der Waals surface area (Å²) in [5.41, 5.74) is 1.83. The van der Waals surface area contributed by atoms with Gasteiger partial charge in [-0.2, -0.15) is 0 Å². The molecule has 21 heavy (non-hydrogen) atoms. The van der Waals surface area contributed by atoms with Crippen molar-refractivity contribution >= 4 is 17.2 Å². The largest absolute Gasteiger partial charge is 0.384 e. The number of hydrogen-bond acceptors (Lipinski definition) is 3. The molecule has 0 aliphatic heterocycles. The summed E-state index contributed by atoms with van der Waals surface area (Å²) in [5.74, 6) is 4.65. The van der Waals surface area contributed by atoms with E-state index in [-0.39, 0.29) is 12.5 Å². The summed E-state index contributed by atoms with van der Waals surface area (Å²) >= 11 is 1.47. The molecule has 0 saturated carbocycles. The van der Waals surface area contributed by atoms with Gasteiger partial charge < -0.3 is 10.4 Å². The third kappa shape index (κ3) is 3.91. The van der Waals surface area contributed by atoms with Gasteiger partial charge in [-0.25, -0.2) is 4.39 Å². The average molecular weight is 303 g/mol. The molecular weight excluding hydrogens is 289 g/mol. The highest BCUT2D eigenvalue weighted by Gasteiger charge is 2.11. The van der Waals surface area contributed by atoms with E-state index in [1.165, 1.54) is 23.5 Å². The number of thiophene rings is 1. The summed E-state index contributed by atoms with van der Waals surface area (Å²) in [6.07, 6.45) is 0. The Morgan fingerprint density at radius 3 is 3.00 bits per heavy atom. The minimum atomic E-state index is -0.434. The minimum absolute atomic E-state index is 0.204. The number of aliphatic hydroxyl groups is 1. The third-order valence-corrected chi connectivity index (χ3v) is 3.82. The fraction of sp³-hybridized carbons (Fsp3) is 0.188. The van der Waals surface area contributed by atoms with Crippen LogP contribution in [0.2, 0.25) is 0 Å². The molecule has 0 aliphatic rings. The summed E-state index contributed by atoms with van der Waals surface area (Å²) in [4.78, 5) is 13.0. The van der Waals surface area contributed by atoms with E-state index in [4.69, 9.17) is 5.11 Å². The van der Waals surface area contributed by atoms with Crippen molar-refractivity contribution in [3.8, 4) is 11.8 Å². The Hall–Kier alpha value is -2.16. The van der Waals surface area contributed by atoms with Crippen LogP contribution in [0.1, 0.15) is 26.4 Å². The molecule has 108 valence electrons. The molecule has 0 radical (unpaired) electrons. The first-order valence-electron chi connectivity index (χ1n) is 6.32. The number of hydrogen-bond donors (Lipinski definition) is 2. The van der Waals surface area contributed by atoms with Crippen molar-refractivity contribution in [2.75, 3.05) is 6.61 Å². The van der Waals surface area contributed by atoms with Crippen molar-refractivity contribution in [3.05, 3.63) is 57.0 Å². The normalized spacial score (nSPS) is 9.86. The van der Waals surface area contributed by atoms with Crippen LogP contribution in [0.3, 0.4) is 0 Å². The highest BCUT2D eigenvalue weighted by atomic mass is 32.1. The van der Waals surface area contributed by atoms with Gasteiger partial charge in [0.1, 0.15) is 12.4 Å². The van der Waals surface area contributed by atoms with Crippen molar-refractivity contribution in [2.24, 2.45) is 0 Å². The molecule has 3 nitrogen and oxygen atoms in total. The van der Waals surface area contributed by atoms with Gasteiger partial charge in [-0.05, 0) is 36.1 Å². The molecule has 2 aromatic rings. The summed E-state index contributed by atoms with van der Waals surface area (Å²) in [5, 5.41) is 13.3. The van der Waals surface area contributed by atoms with Gasteiger partial charge in [-0.1, -0.05) is 17.9 Å². The summed E-state index contributed by atoms with van der Waals surface area (Å²) < 4.78 is 13.2. The Balaban J connectivity index is 2.08. The van der Waals surface area contributed by atoms with Gasteiger partial charge in [0, 0.05) is 16.0 Å². The smallest absolute Gasteiger partial charge is 0.251 e. The maximum atomic E-state index is 13.2. The molecular formula is C16H14FNO2S. The van der Waals surface area contributed by atoms with Crippen molar-refractivity contribution in [3.63, 3.8) is 0 Å². The predicted octanol–water partition coefficient (Wildman–Crippen LogP) is 2.47. The molecule has 5 heteroatoms. The molecule has 2 rings (SSSR count). The van der Waals surface area contributed by atoms with E-state index >= 15 is 0 Å². The lowest BCUT2D eigenvalue weighted by molar-refractivity contribution is 0.0950. The Morgan fingerprint density at radius 1 is 1.43 bits per heavy atom. The number of benzene rings is 1. The summed E-state index contributed by atoms with van der Waals surface area (Å²) in [7, 11) is 0. The lowest BCUT2D eigenvalue weighted by atomic mass is 10.1. The van der Waals surface area contributed by atoms with Crippen LogP contribution >= 0.6 is 11.3 Å². The molecule has 0 saturated heterocycles. The predicted molar refractivity (Wildman–Crippen MR) is 80.6 cm³/mol. The second-order valence-electron chi connectivity index (χ2n) is 4.36. The first-order valence-corrected chi connectivity index (χ1v) is 7.20. The zero-order chi connectivity index (χ0) is 15.2. The molecule has 2 N–H and O–H groups in total. The fourth-order valence-corrected chi connectivity index (χ4v) is 2.59. The molecule has 0 unspecified atom stereocenters. The molecule has 0 aliphatic carbocycles. The van der Waals surface area contributed by atoms with Crippen molar-refractivity contribution in [1.29, 1.82) is 0 Å². The van der Waals surface area contributed by atoms with Crippen LogP contribution in [-0.2, 0) is 6.54 Å². The Morgan fingerprint density at radius 2 is 2.24 bits per heavy atom. The van der Waals surface area contributed by atoms with Gasteiger partial charge in [0.25, 0.3) is 5.91 Å². The summed E-state index contributed by atoms with van der Waals surface area (Å²) in [6, 6.07) is 5.97. The monoisotopic (exact) mass is 303 g/mol. The molecule has 1 heterocycles. The number of carbonyl (C=O) groups is 1. The molecule has 0 atom stereocenters. The van der Waals surface area contributed by atoms with Crippen LogP contribution in [0.25, 0.3) is 0 Å². The second kappa shape index (κ2) is 7.02. The number of halogens is 1. The first-order chi connectivity index (χ1) is 10.1. The van der Waals surface area contributed by atoms with Gasteiger partial charge in [0.2, 0.25) is 0 Å². The van der Waals surface area contributed by atoms with Gasteiger partial charge in [0.15, 0.2) is 0 Å². The average Bonchev–Trinajstić information content (AvgIpc) is 2.92. The molecule has 0 fully saturated rings. The summed E-state index contributed by atoms with van der Waals surface area (Å²) in [6.45, 7) is 1.88. The maximum Gasteiger partial charge on any atom is 0.251 e. The molecule has 1 aromatic heterocycles. The van der Waals surface area contributed by atoms with Gasteiger partial charge in [-0.15, -0.1) is 11.3 Å². The SMILES string of the molecule is Cc1ccc(F)cc1C(=O)NCc1sccc1C#CCO. The lowest BCUT2D eigenvalue weighted by Gasteiger charge is -2.07. The number of carbonyl (C=O) groups excluding carboxylic acids is 1. The quantitative estimate of drug-likeness (QED) is 0.856. The standard InChI is InChI=1S/C16H14FNO2S/c1-11-4-5-13(17)9-14(11)16(20)18-10-15-12(3-2-7-19)6-8-21-15/h4-6,8-9,19H,7,10H2,1H3,(H,18,20). The van der Waals surface area contributed by atoms with Crippen LogP contribution < -0.4 is 5.32 Å². The topological polar surface area (TPSA) is 49.3 Å². The van der Waals surface area contributed by atoms with Gasteiger partial charge >= 0.3 is 0 Å². The lowest BCUT2D eigenvalue weighted by Crippen LogP contribution is -2.23. The van der Waals surface area contributed by atoms with Crippen LogP contribution in [0.5, 0.6) is 0 Å². The maximum absolute atomic E-state index is 13.2. The third-order valence-electron chi connectivity index (χ3n) is 2.90. The first kappa shape index (κ1) is 15.2. The molecule has 0 spiro atoms. The van der Waals surface area contributed by atoms with Crippen LogP contribution in [0.15, 0.2) is 29.6 Å². The second-order valence-corrected chi connectivity index (χ2v) is 5.36. The zero-order valence-electron chi connectivity index (χ0n) is 11.4. The number of aliphatic hydroxyl groups excluding tert-OH is 1. The molecule has 0 bridgehead atoms. The Kier molecular flexibility index (Phi) is 5.09. The van der Waals surface area contributed by atoms with Crippen molar-refractivity contribution < 1.29 is 14.3 Å². The fourth-order valence-electron chi connectivity index (χ4n) is 1.82. The van der Waals surface area contributed by atoms with Crippen LogP contribution in [0.4, 0.5) is 4.39 Å². The number of amides is 1. The van der Waals surface area contributed by atoms with E-state index < -0.39 is 5.82 Å². The van der Waals surface area contributed by atoms with E-state index in [2.05, 4.69) is 17.2 Å². The van der Waals surface area contributed by atoms with Gasteiger partial charge in [-0.3, -0.25) is 4.79 Å². The number of rotatable bonds is 3. The van der Waals surface area contributed by atoms with E-state index in [9.17, 15) is 9.18 Å². The van der Waals surface area contributed by atoms with Crippen LogP contribution in [0, 0.1) is 24.6 Å². The molecule has 1 amide bonds. The van der Waals surface area contributed by atoms with Crippen molar-refractivity contribution in [2.45, 2.75) is 13.5 Å². The minimum Gasteiger partial charge on any atom is -0.384 e. The Labute approximate surface area is 126 Å². The Bertz CT molecular complexity index is 713. The highest BCUT2D eigenvalue weighted by molar-refractivity contribution is 7.10. The van der Waals surface area contributed by atoms with E-state index in [1.807, 2.05) is 11.4 Å². The van der Waals surface area contributed by atoms with Crippen LogP contribution in [-0.4, -0.2) is 17.6 Å². The van der Waals surface area contributed by atoms with Gasteiger partial charge in [0.05, 0.1) is 6.54 Å². The zero-order valence-corrected chi connectivity index (χ0v) is 12.3. The van der Waals surface area contributed by atoms with E-state index in [1.54, 1.807) is 13.0 Å². The van der Waals surface area contributed by atoms with Crippen molar-refractivity contribution in [1.82, 2.24) is 5.32 Å². The number of aryl methyl sites for hydroxylation is 1. The van der Waals surface area contributed by atoms with E-state index in [0.29, 0.717) is 12.1 Å². The highest BCUT2D eigenvalue weighted by Crippen LogP contribution is 2.16. The number of nitrogens with one attached hydrogen (secondary N) is 1. The van der Waals surface area contributed by atoms with E-state index in [0.717, 1.165) is 16.0 Å².